The van der Waals surface area contributed by atoms with Crippen LogP contribution in [-0.4, -0.2) is 51.5 Å². The highest BCUT2D eigenvalue weighted by atomic mass is 16.5. The van der Waals surface area contributed by atoms with Gasteiger partial charge in [0, 0.05) is 13.1 Å². The number of ether oxygens (including phenoxy) is 1. The molecule has 0 saturated heterocycles. The average Bonchev–Trinajstić information content (AvgIpc) is 3.14. The van der Waals surface area contributed by atoms with Gasteiger partial charge in [0.15, 0.2) is 6.61 Å². The predicted molar refractivity (Wildman–Crippen MR) is 120 cm³/mol. The monoisotopic (exact) mass is 422 g/mol. The standard InChI is InChI=1S/C24H30N4O3/c1-17(2)13-27(14-18(3)4)23(29)16-31-24(30)20-11-9-19(10-12-20)15-28-22-8-6-5-7-21(22)25-26-28/h5-12,17-18H,13-16H2,1-4H3. The van der Waals surface area contributed by atoms with Crippen LogP contribution in [0.1, 0.15) is 43.6 Å². The normalized spacial score (nSPS) is 11.3. The summed E-state index contributed by atoms with van der Waals surface area (Å²) in [6.07, 6.45) is 0. The number of rotatable bonds is 9. The van der Waals surface area contributed by atoms with E-state index in [1.165, 1.54) is 0 Å². The third-order valence-electron chi connectivity index (χ3n) is 4.79. The zero-order valence-electron chi connectivity index (χ0n) is 18.6. The topological polar surface area (TPSA) is 77.3 Å². The van der Waals surface area contributed by atoms with Crippen LogP contribution < -0.4 is 0 Å². The smallest absolute Gasteiger partial charge is 0.338 e. The summed E-state index contributed by atoms with van der Waals surface area (Å²) in [6, 6.07) is 14.9. The van der Waals surface area contributed by atoms with Crippen LogP contribution in [0, 0.1) is 11.8 Å². The van der Waals surface area contributed by atoms with Crippen LogP contribution in [0.5, 0.6) is 0 Å². The number of para-hydroxylation sites is 1. The fraction of sp³-hybridized carbons (Fsp3) is 0.417. The maximum absolute atomic E-state index is 12.5. The molecule has 1 aromatic heterocycles. The minimum Gasteiger partial charge on any atom is -0.452 e. The largest absolute Gasteiger partial charge is 0.452 e. The van der Waals surface area contributed by atoms with Crippen molar-refractivity contribution in [3.63, 3.8) is 0 Å². The van der Waals surface area contributed by atoms with E-state index < -0.39 is 5.97 Å². The summed E-state index contributed by atoms with van der Waals surface area (Å²) in [4.78, 5) is 26.7. The zero-order chi connectivity index (χ0) is 22.4. The maximum Gasteiger partial charge on any atom is 0.338 e. The van der Waals surface area contributed by atoms with Crippen LogP contribution in [0.25, 0.3) is 11.0 Å². The van der Waals surface area contributed by atoms with Crippen molar-refractivity contribution in [3.8, 4) is 0 Å². The number of nitrogens with zero attached hydrogens (tertiary/aromatic N) is 4. The first-order valence-electron chi connectivity index (χ1n) is 10.7. The molecular formula is C24H30N4O3. The van der Waals surface area contributed by atoms with E-state index in [1.54, 1.807) is 17.0 Å². The van der Waals surface area contributed by atoms with Gasteiger partial charge in [0.1, 0.15) is 5.52 Å². The average molecular weight is 423 g/mol. The maximum atomic E-state index is 12.5. The third kappa shape index (κ3) is 6.13. The molecule has 0 fully saturated rings. The Morgan fingerprint density at radius 2 is 1.61 bits per heavy atom. The molecule has 0 aliphatic rings. The molecule has 0 atom stereocenters. The molecule has 1 heterocycles. The van der Waals surface area contributed by atoms with E-state index in [0.29, 0.717) is 37.0 Å². The third-order valence-corrected chi connectivity index (χ3v) is 4.79. The van der Waals surface area contributed by atoms with Gasteiger partial charge in [-0.05, 0) is 41.7 Å². The van der Waals surface area contributed by atoms with Crippen molar-refractivity contribution in [3.05, 3.63) is 59.7 Å². The number of fused-ring (bicyclic) bond motifs is 1. The molecular weight excluding hydrogens is 392 g/mol. The Morgan fingerprint density at radius 3 is 2.26 bits per heavy atom. The van der Waals surface area contributed by atoms with Crippen LogP contribution in [0.15, 0.2) is 48.5 Å². The molecule has 7 nitrogen and oxygen atoms in total. The SMILES string of the molecule is CC(C)CN(CC(C)C)C(=O)COC(=O)c1ccc(Cn2nnc3ccccc32)cc1. The summed E-state index contributed by atoms with van der Waals surface area (Å²) >= 11 is 0. The Bertz CT molecular complexity index is 1010. The Morgan fingerprint density at radius 1 is 0.968 bits per heavy atom. The van der Waals surface area contributed by atoms with Gasteiger partial charge in [-0.15, -0.1) is 5.10 Å². The summed E-state index contributed by atoms with van der Waals surface area (Å²) in [5.74, 6) is 0.0479. The van der Waals surface area contributed by atoms with Crippen molar-refractivity contribution in [1.82, 2.24) is 19.9 Å². The van der Waals surface area contributed by atoms with E-state index >= 15 is 0 Å². The molecule has 3 aromatic rings. The molecule has 164 valence electrons. The van der Waals surface area contributed by atoms with Crippen molar-refractivity contribution < 1.29 is 14.3 Å². The highest BCUT2D eigenvalue weighted by Crippen LogP contribution is 2.13. The van der Waals surface area contributed by atoms with E-state index in [1.807, 2.05) is 41.1 Å². The van der Waals surface area contributed by atoms with Crippen molar-refractivity contribution in [2.45, 2.75) is 34.2 Å². The molecule has 0 spiro atoms. The van der Waals surface area contributed by atoms with Crippen molar-refractivity contribution in [2.24, 2.45) is 11.8 Å². The summed E-state index contributed by atoms with van der Waals surface area (Å²) in [7, 11) is 0. The van der Waals surface area contributed by atoms with Crippen molar-refractivity contribution in [2.75, 3.05) is 19.7 Å². The van der Waals surface area contributed by atoms with Gasteiger partial charge in [-0.25, -0.2) is 9.48 Å². The van der Waals surface area contributed by atoms with E-state index in [2.05, 4.69) is 38.0 Å². The molecule has 0 saturated carbocycles. The first kappa shape index (κ1) is 22.5. The second kappa shape index (κ2) is 10.2. The number of carbonyl (C=O) groups excluding carboxylic acids is 2. The number of hydrogen-bond acceptors (Lipinski definition) is 5. The van der Waals surface area contributed by atoms with Gasteiger partial charge in [0.2, 0.25) is 0 Å². The molecule has 0 aliphatic carbocycles. The number of aromatic nitrogens is 3. The van der Waals surface area contributed by atoms with Crippen molar-refractivity contribution >= 4 is 22.9 Å². The van der Waals surface area contributed by atoms with E-state index in [9.17, 15) is 9.59 Å². The lowest BCUT2D eigenvalue weighted by Crippen LogP contribution is -2.39. The van der Waals surface area contributed by atoms with Crippen LogP contribution in [0.3, 0.4) is 0 Å². The summed E-state index contributed by atoms with van der Waals surface area (Å²) in [5, 5.41) is 8.34. The van der Waals surface area contributed by atoms with Crippen LogP contribution in [-0.2, 0) is 16.1 Å². The van der Waals surface area contributed by atoms with E-state index in [4.69, 9.17) is 4.74 Å². The second-order valence-corrected chi connectivity index (χ2v) is 8.60. The fourth-order valence-corrected chi connectivity index (χ4v) is 3.41. The quantitative estimate of drug-likeness (QED) is 0.491. The minimum absolute atomic E-state index is 0.162. The summed E-state index contributed by atoms with van der Waals surface area (Å²) in [6.45, 7) is 9.87. The minimum atomic E-state index is -0.500. The van der Waals surface area contributed by atoms with Gasteiger partial charge in [0.05, 0.1) is 17.6 Å². The molecule has 31 heavy (non-hydrogen) atoms. The zero-order valence-corrected chi connectivity index (χ0v) is 18.6. The molecule has 2 aromatic carbocycles. The predicted octanol–water partition coefficient (Wildman–Crippen LogP) is 3.78. The number of amides is 1. The number of hydrogen-bond donors (Lipinski definition) is 0. The van der Waals surface area contributed by atoms with Gasteiger partial charge in [0.25, 0.3) is 5.91 Å². The second-order valence-electron chi connectivity index (χ2n) is 8.60. The molecule has 3 rings (SSSR count). The highest BCUT2D eigenvalue weighted by Gasteiger charge is 2.18. The molecule has 0 unspecified atom stereocenters. The van der Waals surface area contributed by atoms with Gasteiger partial charge >= 0.3 is 5.97 Å². The Balaban J connectivity index is 1.58. The lowest BCUT2D eigenvalue weighted by molar-refractivity contribution is -0.135. The molecule has 0 aliphatic heterocycles. The fourth-order valence-electron chi connectivity index (χ4n) is 3.41. The lowest BCUT2D eigenvalue weighted by Gasteiger charge is -2.26. The molecule has 0 radical (unpaired) electrons. The molecule has 1 amide bonds. The van der Waals surface area contributed by atoms with Gasteiger partial charge in [-0.3, -0.25) is 4.79 Å². The number of benzene rings is 2. The van der Waals surface area contributed by atoms with Gasteiger partial charge in [-0.2, -0.15) is 0 Å². The van der Waals surface area contributed by atoms with E-state index in [-0.39, 0.29) is 12.5 Å². The number of carbonyl (C=O) groups is 2. The highest BCUT2D eigenvalue weighted by molar-refractivity contribution is 5.91. The lowest BCUT2D eigenvalue weighted by atomic mass is 10.1. The first-order valence-corrected chi connectivity index (χ1v) is 10.7. The summed E-state index contributed by atoms with van der Waals surface area (Å²) in [5.41, 5.74) is 3.20. The van der Waals surface area contributed by atoms with Gasteiger partial charge in [-0.1, -0.05) is 57.2 Å². The van der Waals surface area contributed by atoms with E-state index in [0.717, 1.165) is 16.6 Å². The Hall–Kier alpha value is -3.22. The Kier molecular flexibility index (Phi) is 7.39. The van der Waals surface area contributed by atoms with Crippen LogP contribution in [0.4, 0.5) is 0 Å². The first-order chi connectivity index (χ1) is 14.8. The van der Waals surface area contributed by atoms with Crippen LogP contribution >= 0.6 is 0 Å². The molecule has 7 heteroatoms. The molecule has 0 N–H and O–H groups in total. The molecule has 0 bridgehead atoms. The van der Waals surface area contributed by atoms with Gasteiger partial charge < -0.3 is 9.64 Å². The van der Waals surface area contributed by atoms with Crippen LogP contribution in [0.2, 0.25) is 0 Å². The number of esters is 1. The Labute approximate surface area is 183 Å². The van der Waals surface area contributed by atoms with Crippen molar-refractivity contribution in [1.29, 1.82) is 0 Å². The summed E-state index contributed by atoms with van der Waals surface area (Å²) < 4.78 is 7.10.